The molecule has 0 saturated carbocycles. The van der Waals surface area contributed by atoms with Crippen molar-refractivity contribution in [2.24, 2.45) is 0 Å². The molecule has 156 valence electrons. The van der Waals surface area contributed by atoms with Gasteiger partial charge in [-0.3, -0.25) is 0 Å². The summed E-state index contributed by atoms with van der Waals surface area (Å²) in [7, 11) is 0. The van der Waals surface area contributed by atoms with Crippen molar-refractivity contribution in [1.82, 2.24) is 5.32 Å². The molecule has 1 aliphatic rings. The van der Waals surface area contributed by atoms with E-state index in [0.29, 0.717) is 13.0 Å². The molecule has 4 nitrogen and oxygen atoms in total. The smallest absolute Gasteiger partial charge is 0.407 e. The average molecular weight is 430 g/mol. The molecule has 0 fully saturated rings. The lowest BCUT2D eigenvalue weighted by molar-refractivity contribution is 0.140. The molecule has 0 saturated heterocycles. The number of hydrogen-bond acceptors (Lipinski definition) is 4. The van der Waals surface area contributed by atoms with E-state index >= 15 is 0 Å². The van der Waals surface area contributed by atoms with Crippen LogP contribution in [0.1, 0.15) is 29.5 Å². The number of nitrogens with one attached hydrogen (secondary N) is 1. The van der Waals surface area contributed by atoms with Gasteiger partial charge in [-0.2, -0.15) is 0 Å². The Balaban J connectivity index is 1.24. The van der Waals surface area contributed by atoms with E-state index in [0.717, 1.165) is 15.6 Å². The fourth-order valence-corrected chi connectivity index (χ4v) is 5.41. The largest absolute Gasteiger partial charge is 0.508 e. The Bertz CT molecular complexity index is 1220. The van der Waals surface area contributed by atoms with Crippen molar-refractivity contribution in [2.45, 2.75) is 25.3 Å². The summed E-state index contributed by atoms with van der Waals surface area (Å²) in [6.07, 6.45) is 0.268. The molecule has 3 aromatic carbocycles. The third-order valence-electron chi connectivity index (χ3n) is 5.87. The predicted molar refractivity (Wildman–Crippen MR) is 125 cm³/mol. The van der Waals surface area contributed by atoms with Crippen molar-refractivity contribution in [3.8, 4) is 16.9 Å². The number of hydrogen-bond donors (Lipinski definition) is 2. The van der Waals surface area contributed by atoms with Gasteiger partial charge in [-0.25, -0.2) is 4.79 Å². The molecule has 0 aliphatic heterocycles. The van der Waals surface area contributed by atoms with Crippen molar-refractivity contribution in [3.63, 3.8) is 0 Å². The monoisotopic (exact) mass is 429 g/mol. The summed E-state index contributed by atoms with van der Waals surface area (Å²) in [5.74, 6) is 0.307. The highest BCUT2D eigenvalue weighted by Crippen LogP contribution is 2.44. The van der Waals surface area contributed by atoms with E-state index in [9.17, 15) is 9.90 Å². The van der Waals surface area contributed by atoms with E-state index in [1.54, 1.807) is 23.5 Å². The lowest BCUT2D eigenvalue weighted by Crippen LogP contribution is -2.35. The van der Waals surface area contributed by atoms with Crippen LogP contribution in [-0.2, 0) is 11.2 Å². The molecule has 1 atom stereocenters. The van der Waals surface area contributed by atoms with E-state index in [4.69, 9.17) is 4.74 Å². The zero-order valence-electron chi connectivity index (χ0n) is 17.2. The number of phenolic OH excluding ortho intramolecular Hbond substituents is 1. The first kappa shape index (κ1) is 19.6. The molecule has 0 radical (unpaired) electrons. The number of aromatic hydroxyl groups is 1. The van der Waals surface area contributed by atoms with Crippen LogP contribution < -0.4 is 5.32 Å². The summed E-state index contributed by atoms with van der Waals surface area (Å²) < 4.78 is 6.77. The number of ether oxygens (including phenoxy) is 1. The molecule has 1 heterocycles. The van der Waals surface area contributed by atoms with E-state index < -0.39 is 6.09 Å². The molecule has 0 spiro atoms. The molecule has 5 rings (SSSR count). The molecule has 1 aromatic heterocycles. The van der Waals surface area contributed by atoms with Crippen LogP contribution in [0.25, 0.3) is 21.2 Å². The number of carbonyl (C=O) groups is 1. The van der Waals surface area contributed by atoms with Crippen LogP contribution in [0.4, 0.5) is 4.79 Å². The quantitative estimate of drug-likeness (QED) is 0.404. The Morgan fingerprint density at radius 2 is 1.74 bits per heavy atom. The normalized spacial score (nSPS) is 13.6. The molecule has 1 aliphatic carbocycles. The second-order valence-electron chi connectivity index (χ2n) is 8.02. The highest BCUT2D eigenvalue weighted by atomic mass is 32.1. The number of rotatable bonds is 5. The van der Waals surface area contributed by atoms with Crippen molar-refractivity contribution >= 4 is 27.5 Å². The van der Waals surface area contributed by atoms with Gasteiger partial charge in [0.2, 0.25) is 0 Å². The highest BCUT2D eigenvalue weighted by Gasteiger charge is 2.29. The van der Waals surface area contributed by atoms with E-state index in [1.165, 1.54) is 22.3 Å². The number of thiophene rings is 1. The SMILES string of the molecule is CC(Cc1csc2ccc(O)cc12)NC(=O)OCC1c2ccccc2-c2ccccc21. The predicted octanol–water partition coefficient (Wildman–Crippen LogP) is 6.08. The Labute approximate surface area is 185 Å². The van der Waals surface area contributed by atoms with Crippen LogP contribution in [0.3, 0.4) is 0 Å². The number of amides is 1. The summed E-state index contributed by atoms with van der Waals surface area (Å²) in [5.41, 5.74) is 5.95. The first-order valence-corrected chi connectivity index (χ1v) is 11.3. The average Bonchev–Trinajstić information content (AvgIpc) is 3.31. The van der Waals surface area contributed by atoms with Gasteiger partial charge in [-0.05, 0) is 70.1 Å². The van der Waals surface area contributed by atoms with Gasteiger partial charge in [0.25, 0.3) is 0 Å². The zero-order chi connectivity index (χ0) is 21.4. The lowest BCUT2D eigenvalue weighted by Gasteiger charge is -2.17. The maximum Gasteiger partial charge on any atom is 0.407 e. The van der Waals surface area contributed by atoms with Crippen LogP contribution in [0.5, 0.6) is 5.75 Å². The number of alkyl carbamates (subject to hydrolysis) is 1. The van der Waals surface area contributed by atoms with Gasteiger partial charge in [0.1, 0.15) is 12.4 Å². The van der Waals surface area contributed by atoms with Crippen molar-refractivity contribution < 1.29 is 14.6 Å². The second kappa shape index (κ2) is 8.08. The van der Waals surface area contributed by atoms with E-state index in [-0.39, 0.29) is 17.7 Å². The molecule has 1 amide bonds. The Hall–Kier alpha value is -3.31. The van der Waals surface area contributed by atoms with Crippen LogP contribution in [0.2, 0.25) is 0 Å². The molecular formula is C26H23NO3S. The highest BCUT2D eigenvalue weighted by molar-refractivity contribution is 7.17. The fraction of sp³-hybridized carbons (Fsp3) is 0.192. The first-order valence-electron chi connectivity index (χ1n) is 10.4. The summed E-state index contributed by atoms with van der Waals surface area (Å²) in [4.78, 5) is 12.5. The molecular weight excluding hydrogens is 406 g/mol. The standard InChI is InChI=1S/C26H23NO3S/c1-16(12-17-15-31-25-11-10-18(28)13-23(17)25)27-26(29)30-14-24-21-8-4-2-6-19(21)20-7-3-5-9-22(20)24/h2-11,13,15-16,24,28H,12,14H2,1H3,(H,27,29). The fourth-order valence-electron chi connectivity index (χ4n) is 4.45. The summed E-state index contributed by atoms with van der Waals surface area (Å²) >= 11 is 1.64. The van der Waals surface area contributed by atoms with Crippen molar-refractivity contribution in [2.75, 3.05) is 6.61 Å². The summed E-state index contributed by atoms with van der Waals surface area (Å²) in [6, 6.07) is 21.9. The number of fused-ring (bicyclic) bond motifs is 4. The van der Waals surface area contributed by atoms with Crippen LogP contribution in [0.15, 0.2) is 72.1 Å². The topological polar surface area (TPSA) is 58.6 Å². The van der Waals surface area contributed by atoms with E-state index in [1.807, 2.05) is 37.3 Å². The molecule has 2 N–H and O–H groups in total. The van der Waals surface area contributed by atoms with E-state index in [2.05, 4.69) is 35.0 Å². The molecule has 31 heavy (non-hydrogen) atoms. The second-order valence-corrected chi connectivity index (χ2v) is 8.93. The maximum atomic E-state index is 12.5. The molecule has 5 heteroatoms. The maximum absolute atomic E-state index is 12.5. The number of benzene rings is 3. The van der Waals surface area contributed by atoms with Crippen molar-refractivity contribution in [1.29, 1.82) is 0 Å². The zero-order valence-corrected chi connectivity index (χ0v) is 18.0. The Morgan fingerprint density at radius 3 is 2.45 bits per heavy atom. The van der Waals surface area contributed by atoms with Gasteiger partial charge in [-0.1, -0.05) is 48.5 Å². The van der Waals surface area contributed by atoms with Crippen LogP contribution in [0, 0.1) is 0 Å². The third-order valence-corrected chi connectivity index (χ3v) is 6.88. The summed E-state index contributed by atoms with van der Waals surface area (Å²) in [5, 5.41) is 15.8. The Kier molecular flexibility index (Phi) is 5.12. The van der Waals surface area contributed by atoms with Gasteiger partial charge >= 0.3 is 6.09 Å². The number of phenols is 1. The molecule has 4 aromatic rings. The third kappa shape index (κ3) is 3.77. The minimum atomic E-state index is -0.406. The minimum absolute atomic E-state index is 0.0530. The van der Waals surface area contributed by atoms with Crippen LogP contribution in [-0.4, -0.2) is 23.8 Å². The van der Waals surface area contributed by atoms with Gasteiger partial charge in [-0.15, -0.1) is 11.3 Å². The van der Waals surface area contributed by atoms with Gasteiger partial charge in [0.05, 0.1) is 0 Å². The van der Waals surface area contributed by atoms with Crippen molar-refractivity contribution in [3.05, 3.63) is 88.8 Å². The molecule has 0 bridgehead atoms. The first-order chi connectivity index (χ1) is 15.1. The van der Waals surface area contributed by atoms with Gasteiger partial charge < -0.3 is 15.2 Å². The van der Waals surface area contributed by atoms with Gasteiger partial charge in [0, 0.05) is 16.7 Å². The van der Waals surface area contributed by atoms with Gasteiger partial charge in [0.15, 0.2) is 0 Å². The Morgan fingerprint density at radius 1 is 1.06 bits per heavy atom. The minimum Gasteiger partial charge on any atom is -0.508 e. The molecule has 1 unspecified atom stereocenters. The summed E-state index contributed by atoms with van der Waals surface area (Å²) in [6.45, 7) is 2.27. The lowest BCUT2D eigenvalue weighted by atomic mass is 9.98. The van der Waals surface area contributed by atoms with Crippen LogP contribution >= 0.6 is 11.3 Å². The number of carbonyl (C=O) groups excluding carboxylic acids is 1.